The van der Waals surface area contributed by atoms with Crippen LogP contribution in [0.15, 0.2) is 0 Å². The fourth-order valence-electron chi connectivity index (χ4n) is 6.30. The number of hydrogen-bond acceptors (Lipinski definition) is 7. The van der Waals surface area contributed by atoms with E-state index in [-0.39, 0.29) is 11.8 Å². The van der Waals surface area contributed by atoms with Gasteiger partial charge in [0.1, 0.15) is 24.4 Å². The van der Waals surface area contributed by atoms with Crippen LogP contribution in [0.3, 0.4) is 0 Å². The van der Waals surface area contributed by atoms with Crippen LogP contribution in [0.5, 0.6) is 0 Å². The van der Waals surface area contributed by atoms with Crippen molar-refractivity contribution in [3.8, 4) is 0 Å². The summed E-state index contributed by atoms with van der Waals surface area (Å²) in [5, 5.41) is 34.5. The lowest BCUT2D eigenvalue weighted by atomic mass is 9.94. The highest BCUT2D eigenvalue weighted by molar-refractivity contribution is 5.82. The van der Waals surface area contributed by atoms with Gasteiger partial charge in [0.2, 0.25) is 11.8 Å². The van der Waals surface area contributed by atoms with Gasteiger partial charge in [0.15, 0.2) is 6.23 Å². The van der Waals surface area contributed by atoms with Crippen molar-refractivity contribution in [2.75, 3.05) is 13.2 Å². The maximum absolute atomic E-state index is 13.7. The second-order valence-corrected chi connectivity index (χ2v) is 13.8. The van der Waals surface area contributed by atoms with Crippen LogP contribution in [-0.2, 0) is 14.3 Å². The fourth-order valence-corrected chi connectivity index (χ4v) is 6.30. The van der Waals surface area contributed by atoms with Crippen molar-refractivity contribution in [2.24, 2.45) is 11.7 Å². The number of amides is 2. The van der Waals surface area contributed by atoms with Crippen LogP contribution in [0.2, 0.25) is 0 Å². The zero-order valence-electron chi connectivity index (χ0n) is 29.4. The van der Waals surface area contributed by atoms with Crippen molar-refractivity contribution in [3.05, 3.63) is 0 Å². The van der Waals surface area contributed by atoms with Gasteiger partial charge in [-0.25, -0.2) is 0 Å². The van der Waals surface area contributed by atoms with Crippen molar-refractivity contribution >= 4 is 11.8 Å². The van der Waals surface area contributed by atoms with Gasteiger partial charge in [0.05, 0.1) is 12.6 Å². The Morgan fingerprint density at radius 2 is 1.22 bits per heavy atom. The molecular weight excluding hydrogens is 570 g/mol. The predicted molar refractivity (Wildman–Crippen MR) is 183 cm³/mol. The molecule has 2 amide bonds. The van der Waals surface area contributed by atoms with Crippen molar-refractivity contribution in [1.29, 1.82) is 0 Å². The third-order valence-corrected chi connectivity index (χ3v) is 9.15. The maximum Gasteiger partial charge on any atom is 0.237 e. The first-order valence-corrected chi connectivity index (χ1v) is 18.7. The third kappa shape index (κ3) is 17.5. The summed E-state index contributed by atoms with van der Waals surface area (Å²) in [5.41, 5.74) is 6.14. The van der Waals surface area contributed by atoms with Crippen molar-refractivity contribution in [3.63, 3.8) is 0 Å². The number of hydrogen-bond donors (Lipinski definition) is 5. The summed E-state index contributed by atoms with van der Waals surface area (Å²) in [4.78, 5) is 28.4. The van der Waals surface area contributed by atoms with E-state index in [1.165, 1.54) is 83.5 Å². The molecule has 1 rings (SSSR count). The van der Waals surface area contributed by atoms with Gasteiger partial charge in [-0.3, -0.25) is 9.59 Å². The van der Waals surface area contributed by atoms with Crippen LogP contribution in [0.25, 0.3) is 0 Å². The summed E-state index contributed by atoms with van der Waals surface area (Å²) < 4.78 is 6.10. The SMILES string of the molecule is CCCCCCCCCCCCN(C(=O)CCCCCCCCCCC)[C@@H]1O[C@H](CO)[C@@H](O)[C@H](O)[C@H]1NC(=O)[C@@H](N)CC(C)C. The van der Waals surface area contributed by atoms with E-state index in [4.69, 9.17) is 10.5 Å². The molecule has 1 heterocycles. The van der Waals surface area contributed by atoms with E-state index in [0.29, 0.717) is 19.4 Å². The quantitative estimate of drug-likeness (QED) is 0.0697. The Morgan fingerprint density at radius 1 is 0.756 bits per heavy atom. The normalized spacial score (nSPS) is 22.5. The molecule has 1 aliphatic rings. The first-order chi connectivity index (χ1) is 21.7. The Balaban J connectivity index is 2.89. The van der Waals surface area contributed by atoms with Crippen LogP contribution in [0, 0.1) is 5.92 Å². The molecule has 1 fully saturated rings. The molecule has 0 aromatic heterocycles. The minimum Gasteiger partial charge on any atom is -0.394 e. The summed E-state index contributed by atoms with van der Waals surface area (Å²) in [7, 11) is 0. The van der Waals surface area contributed by atoms with E-state index in [1.54, 1.807) is 4.90 Å². The lowest BCUT2D eigenvalue weighted by Crippen LogP contribution is -2.69. The van der Waals surface area contributed by atoms with E-state index >= 15 is 0 Å². The standard InChI is InChI=1S/C36H71N3O6/c1-5-7-9-11-13-15-17-19-21-23-25-39(31(41)24-22-20-18-16-14-12-10-8-6-2)36-32(34(43)33(42)30(27-40)45-36)38-35(44)29(37)26-28(3)4/h28-30,32-34,36,40,42-43H,5-27,37H2,1-4H3,(H,38,44)/t29-,30+,32+,33+,34+,36+/m0/s1. The molecule has 0 aromatic carbocycles. The molecule has 266 valence electrons. The van der Waals surface area contributed by atoms with Gasteiger partial charge in [-0.15, -0.1) is 0 Å². The first kappa shape index (κ1) is 41.8. The van der Waals surface area contributed by atoms with Gasteiger partial charge >= 0.3 is 0 Å². The Hall–Kier alpha value is -1.26. The minimum atomic E-state index is -1.42. The van der Waals surface area contributed by atoms with Crippen LogP contribution < -0.4 is 11.1 Å². The number of rotatable bonds is 27. The van der Waals surface area contributed by atoms with Gasteiger partial charge in [0.25, 0.3) is 0 Å². The zero-order chi connectivity index (χ0) is 33.5. The highest BCUT2D eigenvalue weighted by atomic mass is 16.5. The number of nitrogens with zero attached hydrogens (tertiary/aromatic N) is 1. The number of carbonyl (C=O) groups is 2. The molecular formula is C36H71N3O6. The molecule has 0 saturated carbocycles. The molecule has 45 heavy (non-hydrogen) atoms. The lowest BCUT2D eigenvalue weighted by molar-refractivity contribution is -0.231. The van der Waals surface area contributed by atoms with Crippen molar-refractivity contribution in [2.45, 2.75) is 199 Å². The van der Waals surface area contributed by atoms with E-state index in [0.717, 1.165) is 38.5 Å². The second-order valence-electron chi connectivity index (χ2n) is 13.8. The number of aliphatic hydroxyl groups excluding tert-OH is 3. The van der Waals surface area contributed by atoms with Gasteiger partial charge in [-0.2, -0.15) is 0 Å². The number of ether oxygens (including phenoxy) is 1. The number of carbonyl (C=O) groups excluding carboxylic acids is 2. The average Bonchev–Trinajstić information content (AvgIpc) is 3.01. The third-order valence-electron chi connectivity index (χ3n) is 9.15. The number of nitrogens with one attached hydrogen (secondary N) is 1. The molecule has 0 aromatic rings. The molecule has 1 saturated heterocycles. The van der Waals surface area contributed by atoms with E-state index in [1.807, 2.05) is 13.8 Å². The van der Waals surface area contributed by atoms with Gasteiger partial charge in [-0.05, 0) is 25.2 Å². The van der Waals surface area contributed by atoms with E-state index in [9.17, 15) is 24.9 Å². The summed E-state index contributed by atoms with van der Waals surface area (Å²) in [6, 6.07) is -1.86. The fraction of sp³-hybridized carbons (Fsp3) is 0.944. The summed E-state index contributed by atoms with van der Waals surface area (Å²) in [5.74, 6) is -0.352. The largest absolute Gasteiger partial charge is 0.394 e. The molecule has 6 atom stereocenters. The molecule has 9 heteroatoms. The monoisotopic (exact) mass is 642 g/mol. The number of aliphatic hydroxyl groups is 3. The number of nitrogens with two attached hydrogens (primary N) is 1. The Kier molecular flexibility index (Phi) is 23.9. The molecule has 0 spiro atoms. The van der Waals surface area contributed by atoms with Crippen LogP contribution in [0.4, 0.5) is 0 Å². The first-order valence-electron chi connectivity index (χ1n) is 18.7. The second kappa shape index (κ2) is 25.8. The predicted octanol–water partition coefficient (Wildman–Crippen LogP) is 5.95. The zero-order valence-corrected chi connectivity index (χ0v) is 29.4. The lowest BCUT2D eigenvalue weighted by Gasteiger charge is -2.47. The van der Waals surface area contributed by atoms with Crippen LogP contribution in [-0.4, -0.2) is 81.8 Å². The molecule has 0 radical (unpaired) electrons. The van der Waals surface area contributed by atoms with E-state index < -0.39 is 49.1 Å². The summed E-state index contributed by atoms with van der Waals surface area (Å²) >= 11 is 0. The van der Waals surface area contributed by atoms with Gasteiger partial charge < -0.3 is 36.0 Å². The maximum atomic E-state index is 13.7. The smallest absolute Gasteiger partial charge is 0.237 e. The summed E-state index contributed by atoms with van der Waals surface area (Å²) in [6.45, 7) is 8.31. The summed E-state index contributed by atoms with van der Waals surface area (Å²) in [6.07, 6.45) is 17.9. The minimum absolute atomic E-state index is 0.0927. The van der Waals surface area contributed by atoms with Crippen molar-refractivity contribution in [1.82, 2.24) is 10.2 Å². The number of unbranched alkanes of at least 4 members (excludes halogenated alkanes) is 17. The topological polar surface area (TPSA) is 145 Å². The Labute approximate surface area is 275 Å². The molecule has 0 bridgehead atoms. The molecule has 0 aliphatic carbocycles. The molecule has 9 nitrogen and oxygen atoms in total. The molecule has 1 aliphatic heterocycles. The van der Waals surface area contributed by atoms with Gasteiger partial charge in [0, 0.05) is 13.0 Å². The van der Waals surface area contributed by atoms with Crippen molar-refractivity contribution < 1.29 is 29.6 Å². The molecule has 0 unspecified atom stereocenters. The average molecular weight is 642 g/mol. The van der Waals surface area contributed by atoms with Crippen LogP contribution >= 0.6 is 0 Å². The Bertz CT molecular complexity index is 754. The highest BCUT2D eigenvalue weighted by Crippen LogP contribution is 2.26. The highest BCUT2D eigenvalue weighted by Gasteiger charge is 2.48. The Morgan fingerprint density at radius 3 is 1.69 bits per heavy atom. The van der Waals surface area contributed by atoms with Crippen LogP contribution in [0.1, 0.15) is 163 Å². The molecule has 6 N–H and O–H groups in total. The van der Waals surface area contributed by atoms with E-state index in [2.05, 4.69) is 19.2 Å². The van der Waals surface area contributed by atoms with Gasteiger partial charge in [-0.1, -0.05) is 137 Å².